The lowest BCUT2D eigenvalue weighted by molar-refractivity contribution is -0.137. The van der Waals surface area contributed by atoms with Crippen molar-refractivity contribution in [1.82, 2.24) is 9.97 Å². The number of nitrogens with one attached hydrogen (secondary N) is 1. The Balaban J connectivity index is 1.68. The van der Waals surface area contributed by atoms with E-state index in [0.717, 1.165) is 17.2 Å². The number of hydrogen-bond donors (Lipinski definition) is 1. The van der Waals surface area contributed by atoms with Gasteiger partial charge in [0.1, 0.15) is 11.4 Å². The zero-order valence-corrected chi connectivity index (χ0v) is 21.4. The molecule has 0 saturated heterocycles. The van der Waals surface area contributed by atoms with Crippen molar-refractivity contribution in [2.75, 3.05) is 13.2 Å². The van der Waals surface area contributed by atoms with Gasteiger partial charge in [0.15, 0.2) is 0 Å². The number of carbonyl (C=O) groups excluding carboxylic acids is 1. The average molecular weight is 531 g/mol. The van der Waals surface area contributed by atoms with E-state index < -0.39 is 17.7 Å². The number of ether oxygens (including phenoxy) is 2. The summed E-state index contributed by atoms with van der Waals surface area (Å²) in [6.45, 7) is 6.04. The van der Waals surface area contributed by atoms with Crippen LogP contribution < -0.4 is 4.74 Å². The van der Waals surface area contributed by atoms with Crippen molar-refractivity contribution >= 4 is 28.5 Å². The third kappa shape index (κ3) is 5.59. The highest BCUT2D eigenvalue weighted by atomic mass is 35.5. The predicted molar refractivity (Wildman–Crippen MR) is 137 cm³/mol. The van der Waals surface area contributed by atoms with Gasteiger partial charge in [-0.1, -0.05) is 29.8 Å². The summed E-state index contributed by atoms with van der Waals surface area (Å²) in [6, 6.07) is 11.0. The number of rotatable bonds is 8. The highest BCUT2D eigenvalue weighted by Gasteiger charge is 2.35. The standard InChI is InChI=1S/C28H26ClF3N2O3/c1-4-36-27(35)26-20(10-7-13-37-18-14-16(2)23(29)17(3)15-18)19-8-5-9-21(24(19)34-26)25-22(28(30,31)32)11-6-12-33-25/h5-6,8-9,11-12,14-15,34H,4,7,10,13H2,1-3H3. The lowest BCUT2D eigenvalue weighted by Gasteiger charge is -2.12. The van der Waals surface area contributed by atoms with Crippen LogP contribution in [0.3, 0.4) is 0 Å². The maximum atomic E-state index is 13.7. The molecular formula is C28H26ClF3N2O3. The van der Waals surface area contributed by atoms with Crippen LogP contribution in [0.15, 0.2) is 48.7 Å². The van der Waals surface area contributed by atoms with E-state index in [-0.39, 0.29) is 23.6 Å². The molecule has 37 heavy (non-hydrogen) atoms. The minimum Gasteiger partial charge on any atom is -0.494 e. The van der Waals surface area contributed by atoms with Crippen LogP contribution in [0, 0.1) is 13.8 Å². The molecule has 0 radical (unpaired) electrons. The maximum Gasteiger partial charge on any atom is 0.418 e. The molecule has 0 aliphatic carbocycles. The first kappa shape index (κ1) is 26.5. The Morgan fingerprint density at radius 1 is 1.11 bits per heavy atom. The molecule has 0 fully saturated rings. The molecule has 4 rings (SSSR count). The number of benzene rings is 2. The summed E-state index contributed by atoms with van der Waals surface area (Å²) in [4.78, 5) is 19.8. The van der Waals surface area contributed by atoms with Gasteiger partial charge in [-0.3, -0.25) is 4.98 Å². The molecule has 1 N–H and O–H groups in total. The number of esters is 1. The first-order valence-electron chi connectivity index (χ1n) is 11.8. The van der Waals surface area contributed by atoms with E-state index in [0.29, 0.717) is 46.7 Å². The third-order valence-corrected chi connectivity index (χ3v) is 6.64. The van der Waals surface area contributed by atoms with Gasteiger partial charge in [0.2, 0.25) is 0 Å². The van der Waals surface area contributed by atoms with Crippen molar-refractivity contribution in [1.29, 1.82) is 0 Å². The van der Waals surface area contributed by atoms with Crippen molar-refractivity contribution in [3.05, 3.63) is 81.6 Å². The van der Waals surface area contributed by atoms with Gasteiger partial charge in [-0.2, -0.15) is 13.2 Å². The Bertz CT molecular complexity index is 1420. The van der Waals surface area contributed by atoms with Crippen molar-refractivity contribution in [2.45, 2.75) is 39.8 Å². The molecule has 2 heterocycles. The quantitative estimate of drug-likeness (QED) is 0.187. The number of H-pyrrole nitrogens is 1. The Morgan fingerprint density at radius 3 is 2.51 bits per heavy atom. The van der Waals surface area contributed by atoms with E-state index in [1.165, 1.54) is 12.3 Å². The first-order valence-corrected chi connectivity index (χ1v) is 12.2. The molecular weight excluding hydrogens is 505 g/mol. The summed E-state index contributed by atoms with van der Waals surface area (Å²) in [7, 11) is 0. The van der Waals surface area contributed by atoms with Crippen molar-refractivity contribution < 1.29 is 27.4 Å². The minimum absolute atomic E-state index is 0.164. The molecule has 0 amide bonds. The predicted octanol–water partition coefficient (Wildman–Crippen LogP) is 7.71. The fourth-order valence-corrected chi connectivity index (χ4v) is 4.49. The summed E-state index contributed by atoms with van der Waals surface area (Å²) in [5.74, 6) is 0.127. The normalized spacial score (nSPS) is 11.6. The number of aryl methyl sites for hydroxylation is 3. The summed E-state index contributed by atoms with van der Waals surface area (Å²) < 4.78 is 52.3. The van der Waals surface area contributed by atoms with E-state index in [9.17, 15) is 18.0 Å². The fraction of sp³-hybridized carbons (Fsp3) is 0.286. The second-order valence-electron chi connectivity index (χ2n) is 8.65. The monoisotopic (exact) mass is 530 g/mol. The van der Waals surface area contributed by atoms with E-state index >= 15 is 0 Å². The second-order valence-corrected chi connectivity index (χ2v) is 9.03. The maximum absolute atomic E-state index is 13.7. The number of pyridine rings is 1. The van der Waals surface area contributed by atoms with Crippen molar-refractivity contribution in [3.8, 4) is 17.0 Å². The van der Waals surface area contributed by atoms with Gasteiger partial charge >= 0.3 is 12.1 Å². The van der Waals surface area contributed by atoms with Crippen LogP contribution in [0.2, 0.25) is 5.02 Å². The number of alkyl halides is 3. The lowest BCUT2D eigenvalue weighted by Crippen LogP contribution is -2.09. The number of aromatic amines is 1. The number of halogens is 4. The van der Waals surface area contributed by atoms with Crippen LogP contribution in [0.1, 0.15) is 46.1 Å². The largest absolute Gasteiger partial charge is 0.494 e. The Kier molecular flexibility index (Phi) is 7.78. The van der Waals surface area contributed by atoms with Crippen LogP contribution >= 0.6 is 11.6 Å². The van der Waals surface area contributed by atoms with Crippen LogP contribution in [-0.4, -0.2) is 29.2 Å². The van der Waals surface area contributed by atoms with Gasteiger partial charge in [-0.05, 0) is 74.6 Å². The van der Waals surface area contributed by atoms with E-state index in [1.807, 2.05) is 26.0 Å². The number of fused-ring (bicyclic) bond motifs is 1. The summed E-state index contributed by atoms with van der Waals surface area (Å²) >= 11 is 6.23. The van der Waals surface area contributed by atoms with E-state index in [1.54, 1.807) is 25.1 Å². The molecule has 0 atom stereocenters. The molecule has 4 aromatic rings. The zero-order valence-electron chi connectivity index (χ0n) is 20.6. The summed E-state index contributed by atoms with van der Waals surface area (Å²) in [5.41, 5.74) is 2.30. The topological polar surface area (TPSA) is 64.2 Å². The van der Waals surface area contributed by atoms with Crippen molar-refractivity contribution in [2.24, 2.45) is 0 Å². The smallest absolute Gasteiger partial charge is 0.418 e. The number of aromatic nitrogens is 2. The Hall–Kier alpha value is -3.52. The third-order valence-electron chi connectivity index (χ3n) is 6.04. The lowest BCUT2D eigenvalue weighted by atomic mass is 10.00. The SMILES string of the molecule is CCOC(=O)c1[nH]c2c(-c3ncccc3C(F)(F)F)cccc2c1CCCOc1cc(C)c(Cl)c(C)c1. The van der Waals surface area contributed by atoms with Gasteiger partial charge in [0, 0.05) is 22.2 Å². The van der Waals surface area contributed by atoms with Gasteiger partial charge in [-0.25, -0.2) is 4.79 Å². The van der Waals surface area contributed by atoms with Crippen LogP contribution in [0.25, 0.3) is 22.2 Å². The molecule has 0 spiro atoms. The Morgan fingerprint density at radius 2 is 1.84 bits per heavy atom. The highest BCUT2D eigenvalue weighted by molar-refractivity contribution is 6.32. The second kappa shape index (κ2) is 10.8. The van der Waals surface area contributed by atoms with Crippen LogP contribution in [-0.2, 0) is 17.3 Å². The number of para-hydroxylation sites is 1. The molecule has 0 bridgehead atoms. The van der Waals surface area contributed by atoms with Crippen molar-refractivity contribution in [3.63, 3.8) is 0 Å². The van der Waals surface area contributed by atoms with Crippen LogP contribution in [0.4, 0.5) is 13.2 Å². The summed E-state index contributed by atoms with van der Waals surface area (Å²) in [6.07, 6.45) is -2.27. The molecule has 0 unspecified atom stereocenters. The minimum atomic E-state index is -4.58. The Labute approximate surface area is 217 Å². The molecule has 2 aromatic heterocycles. The number of carbonyl (C=O) groups is 1. The van der Waals surface area contributed by atoms with E-state index in [4.69, 9.17) is 21.1 Å². The number of hydrogen-bond acceptors (Lipinski definition) is 4. The molecule has 0 aliphatic heterocycles. The first-order chi connectivity index (χ1) is 17.6. The molecule has 194 valence electrons. The fourth-order valence-electron chi connectivity index (χ4n) is 4.39. The van der Waals surface area contributed by atoms with Gasteiger partial charge in [0.05, 0.1) is 30.0 Å². The van der Waals surface area contributed by atoms with Gasteiger partial charge in [0.25, 0.3) is 0 Å². The van der Waals surface area contributed by atoms with E-state index in [2.05, 4.69) is 9.97 Å². The number of nitrogens with zero attached hydrogens (tertiary/aromatic N) is 1. The molecule has 0 saturated carbocycles. The van der Waals surface area contributed by atoms with Gasteiger partial charge in [-0.15, -0.1) is 0 Å². The zero-order chi connectivity index (χ0) is 26.7. The molecule has 5 nitrogen and oxygen atoms in total. The molecule has 2 aromatic carbocycles. The highest BCUT2D eigenvalue weighted by Crippen LogP contribution is 2.39. The van der Waals surface area contributed by atoms with Crippen LogP contribution in [0.5, 0.6) is 5.75 Å². The molecule has 9 heteroatoms. The molecule has 0 aliphatic rings. The average Bonchev–Trinajstić information content (AvgIpc) is 3.23. The van der Waals surface area contributed by atoms with Gasteiger partial charge < -0.3 is 14.5 Å². The summed E-state index contributed by atoms with van der Waals surface area (Å²) in [5, 5.41) is 1.33.